The summed E-state index contributed by atoms with van der Waals surface area (Å²) in [5.74, 6) is 0.0550. The SMILES string of the molecule is CC(=O)c1ccncc1Cc1cn(-c2cccc(Br)c2)nc1C. The van der Waals surface area contributed by atoms with Gasteiger partial charge < -0.3 is 0 Å². The third kappa shape index (κ3) is 3.40. The van der Waals surface area contributed by atoms with Gasteiger partial charge in [0, 0.05) is 35.0 Å². The fourth-order valence-corrected chi connectivity index (χ4v) is 2.92. The molecule has 0 saturated heterocycles. The highest BCUT2D eigenvalue weighted by atomic mass is 79.9. The lowest BCUT2D eigenvalue weighted by Gasteiger charge is -2.05. The van der Waals surface area contributed by atoms with Crippen molar-refractivity contribution in [3.05, 3.63) is 75.8 Å². The maximum absolute atomic E-state index is 11.8. The van der Waals surface area contributed by atoms with Gasteiger partial charge in [0.15, 0.2) is 5.78 Å². The van der Waals surface area contributed by atoms with E-state index in [1.165, 1.54) is 0 Å². The van der Waals surface area contributed by atoms with Gasteiger partial charge in [0.2, 0.25) is 0 Å². The number of hydrogen-bond donors (Lipinski definition) is 0. The number of halogens is 1. The van der Waals surface area contributed by atoms with E-state index in [-0.39, 0.29) is 5.78 Å². The first kappa shape index (κ1) is 15.6. The fourth-order valence-electron chi connectivity index (χ4n) is 2.54. The highest BCUT2D eigenvalue weighted by Gasteiger charge is 2.12. The molecule has 0 radical (unpaired) electrons. The van der Waals surface area contributed by atoms with Crippen LogP contribution in [0.5, 0.6) is 0 Å². The Bertz CT molecular complexity index is 870. The molecule has 0 aliphatic carbocycles. The minimum absolute atomic E-state index is 0.0550. The Balaban J connectivity index is 1.95. The first-order valence-corrected chi connectivity index (χ1v) is 8.09. The van der Waals surface area contributed by atoms with Gasteiger partial charge in [0.05, 0.1) is 11.4 Å². The largest absolute Gasteiger partial charge is 0.294 e. The molecular weight excluding hydrogens is 354 g/mol. The van der Waals surface area contributed by atoms with Crippen molar-refractivity contribution in [2.75, 3.05) is 0 Å². The number of hydrogen-bond acceptors (Lipinski definition) is 3. The van der Waals surface area contributed by atoms with E-state index in [1.54, 1.807) is 25.4 Å². The van der Waals surface area contributed by atoms with E-state index in [4.69, 9.17) is 0 Å². The van der Waals surface area contributed by atoms with Gasteiger partial charge in [0.1, 0.15) is 0 Å². The summed E-state index contributed by atoms with van der Waals surface area (Å²) in [5, 5.41) is 4.58. The van der Waals surface area contributed by atoms with Crippen molar-refractivity contribution in [1.82, 2.24) is 14.8 Å². The van der Waals surface area contributed by atoms with Crippen LogP contribution in [-0.2, 0) is 6.42 Å². The van der Waals surface area contributed by atoms with Gasteiger partial charge in [0.25, 0.3) is 0 Å². The molecule has 0 N–H and O–H groups in total. The van der Waals surface area contributed by atoms with Crippen LogP contribution in [0.15, 0.2) is 53.4 Å². The number of Topliss-reactive ketones (excluding diaryl/α,β-unsaturated/α-hetero) is 1. The zero-order valence-corrected chi connectivity index (χ0v) is 14.5. The normalized spacial score (nSPS) is 10.7. The quantitative estimate of drug-likeness (QED) is 0.649. The Morgan fingerprint density at radius 2 is 2.09 bits per heavy atom. The van der Waals surface area contributed by atoms with Crippen molar-refractivity contribution in [2.24, 2.45) is 0 Å². The number of nitrogens with zero attached hydrogens (tertiary/aromatic N) is 3. The molecule has 0 amide bonds. The number of rotatable bonds is 4. The molecule has 0 bridgehead atoms. The van der Waals surface area contributed by atoms with Crippen molar-refractivity contribution in [3.63, 3.8) is 0 Å². The Kier molecular flexibility index (Phi) is 4.39. The molecule has 0 fully saturated rings. The third-order valence-corrected chi connectivity index (χ3v) is 4.23. The molecule has 116 valence electrons. The molecular formula is C18H16BrN3O. The second-order valence-corrected chi connectivity index (χ2v) is 6.35. The number of benzene rings is 1. The van der Waals surface area contributed by atoms with Crippen LogP contribution in [0.3, 0.4) is 0 Å². The first-order chi connectivity index (χ1) is 11.0. The van der Waals surface area contributed by atoms with Gasteiger partial charge in [-0.2, -0.15) is 5.10 Å². The van der Waals surface area contributed by atoms with Crippen LogP contribution in [0.4, 0.5) is 0 Å². The third-order valence-electron chi connectivity index (χ3n) is 3.74. The lowest BCUT2D eigenvalue weighted by Crippen LogP contribution is -2.01. The molecule has 3 aromatic rings. The van der Waals surface area contributed by atoms with E-state index in [1.807, 2.05) is 42.1 Å². The summed E-state index contributed by atoms with van der Waals surface area (Å²) in [4.78, 5) is 15.9. The minimum atomic E-state index is 0.0550. The summed E-state index contributed by atoms with van der Waals surface area (Å²) in [6.45, 7) is 3.56. The smallest absolute Gasteiger partial charge is 0.160 e. The minimum Gasteiger partial charge on any atom is -0.294 e. The number of ketones is 1. The highest BCUT2D eigenvalue weighted by molar-refractivity contribution is 9.10. The topological polar surface area (TPSA) is 47.8 Å². The number of pyridine rings is 1. The molecule has 5 heteroatoms. The molecule has 2 heterocycles. The van der Waals surface area contributed by atoms with Crippen LogP contribution in [0, 0.1) is 6.92 Å². The molecule has 0 aliphatic heterocycles. The van der Waals surface area contributed by atoms with Crippen molar-refractivity contribution in [1.29, 1.82) is 0 Å². The average molecular weight is 370 g/mol. The van der Waals surface area contributed by atoms with Crippen LogP contribution in [-0.4, -0.2) is 20.5 Å². The van der Waals surface area contributed by atoms with E-state index in [9.17, 15) is 4.79 Å². The number of aromatic nitrogens is 3. The lowest BCUT2D eigenvalue weighted by molar-refractivity contribution is 0.101. The summed E-state index contributed by atoms with van der Waals surface area (Å²) in [6.07, 6.45) is 6.06. The summed E-state index contributed by atoms with van der Waals surface area (Å²) in [6, 6.07) is 9.75. The predicted octanol–water partition coefficient (Wildman–Crippen LogP) is 4.13. The van der Waals surface area contributed by atoms with E-state index in [0.29, 0.717) is 6.42 Å². The zero-order valence-electron chi connectivity index (χ0n) is 13.0. The molecule has 3 rings (SSSR count). The first-order valence-electron chi connectivity index (χ1n) is 7.29. The maximum Gasteiger partial charge on any atom is 0.160 e. The van der Waals surface area contributed by atoms with E-state index >= 15 is 0 Å². The lowest BCUT2D eigenvalue weighted by atomic mass is 10.0. The monoisotopic (exact) mass is 369 g/mol. The average Bonchev–Trinajstić information content (AvgIpc) is 2.89. The molecule has 0 aliphatic rings. The summed E-state index contributed by atoms with van der Waals surface area (Å²) < 4.78 is 2.87. The van der Waals surface area contributed by atoms with E-state index < -0.39 is 0 Å². The second kappa shape index (κ2) is 6.46. The van der Waals surface area contributed by atoms with Crippen molar-refractivity contribution < 1.29 is 4.79 Å². The number of carbonyl (C=O) groups is 1. The van der Waals surface area contributed by atoms with Gasteiger partial charge in [-0.15, -0.1) is 0 Å². The van der Waals surface area contributed by atoms with Gasteiger partial charge in [-0.05, 0) is 49.2 Å². The number of carbonyl (C=O) groups excluding carboxylic acids is 1. The molecule has 1 aromatic carbocycles. The molecule has 2 aromatic heterocycles. The Morgan fingerprint density at radius 1 is 1.26 bits per heavy atom. The molecule has 0 saturated carbocycles. The molecule has 23 heavy (non-hydrogen) atoms. The Labute approximate surface area is 143 Å². The predicted molar refractivity (Wildman–Crippen MR) is 93.0 cm³/mol. The second-order valence-electron chi connectivity index (χ2n) is 5.43. The molecule has 4 nitrogen and oxygen atoms in total. The van der Waals surface area contributed by atoms with Crippen LogP contribution in [0.2, 0.25) is 0 Å². The maximum atomic E-state index is 11.8. The van der Waals surface area contributed by atoms with Crippen LogP contribution >= 0.6 is 15.9 Å². The molecule has 0 unspecified atom stereocenters. The standard InChI is InChI=1S/C18H16BrN3O/c1-12-15(8-14-10-20-7-6-18(14)13(2)23)11-22(21-12)17-5-3-4-16(19)9-17/h3-7,9-11H,8H2,1-2H3. The summed E-state index contributed by atoms with van der Waals surface area (Å²) >= 11 is 3.48. The van der Waals surface area contributed by atoms with Crippen LogP contribution in [0.25, 0.3) is 5.69 Å². The summed E-state index contributed by atoms with van der Waals surface area (Å²) in [5.41, 5.74) is 4.67. The van der Waals surface area contributed by atoms with Crippen molar-refractivity contribution in [2.45, 2.75) is 20.3 Å². The van der Waals surface area contributed by atoms with Crippen molar-refractivity contribution >= 4 is 21.7 Å². The van der Waals surface area contributed by atoms with E-state index in [2.05, 4.69) is 26.0 Å². The van der Waals surface area contributed by atoms with Gasteiger partial charge in [-0.1, -0.05) is 22.0 Å². The Morgan fingerprint density at radius 3 is 2.83 bits per heavy atom. The van der Waals surface area contributed by atoms with E-state index in [0.717, 1.165) is 32.5 Å². The van der Waals surface area contributed by atoms with Gasteiger partial charge in [-0.3, -0.25) is 9.78 Å². The van der Waals surface area contributed by atoms with Gasteiger partial charge in [-0.25, -0.2) is 4.68 Å². The Hall–Kier alpha value is -2.27. The highest BCUT2D eigenvalue weighted by Crippen LogP contribution is 2.20. The molecule has 0 spiro atoms. The summed E-state index contributed by atoms with van der Waals surface area (Å²) in [7, 11) is 0. The van der Waals surface area contributed by atoms with Crippen LogP contribution < -0.4 is 0 Å². The number of aryl methyl sites for hydroxylation is 1. The fraction of sp³-hybridized carbons (Fsp3) is 0.167. The van der Waals surface area contributed by atoms with Crippen LogP contribution in [0.1, 0.15) is 34.1 Å². The molecule has 0 atom stereocenters. The van der Waals surface area contributed by atoms with Gasteiger partial charge >= 0.3 is 0 Å². The zero-order chi connectivity index (χ0) is 16.4. The van der Waals surface area contributed by atoms with Crippen molar-refractivity contribution in [3.8, 4) is 5.69 Å².